The van der Waals surface area contributed by atoms with Crippen LogP contribution in [0.1, 0.15) is 12.0 Å². The second-order valence-electron chi connectivity index (χ2n) is 3.06. The van der Waals surface area contributed by atoms with Crippen LogP contribution in [0.2, 0.25) is 0 Å². The molecule has 4 heteroatoms. The normalized spacial score (nSPS) is 10.3. The van der Waals surface area contributed by atoms with E-state index in [-0.39, 0.29) is 0 Å². The van der Waals surface area contributed by atoms with Crippen LogP contribution in [-0.4, -0.2) is 17.4 Å². The topological polar surface area (TPSA) is 26.3 Å². The van der Waals surface area contributed by atoms with Crippen LogP contribution < -0.4 is 0 Å². The number of hydrogen-bond donors (Lipinski definition) is 0. The molecule has 82 valence electrons. The predicted octanol–water partition coefficient (Wildman–Crippen LogP) is 2.97. The SMILES string of the molecule is O=C(OCCCc1ccccc1)C(Cl)Cl. The summed E-state index contributed by atoms with van der Waals surface area (Å²) in [6, 6.07) is 10.0. The standard InChI is InChI=1S/C11H12Cl2O2/c12-10(13)11(14)15-8-4-7-9-5-2-1-3-6-9/h1-3,5-6,10H,4,7-8H2. The molecule has 0 spiro atoms. The maximum absolute atomic E-state index is 10.9. The molecule has 0 aliphatic carbocycles. The van der Waals surface area contributed by atoms with Crippen molar-refractivity contribution < 1.29 is 9.53 Å². The highest BCUT2D eigenvalue weighted by Crippen LogP contribution is 2.06. The Morgan fingerprint density at radius 1 is 1.27 bits per heavy atom. The van der Waals surface area contributed by atoms with Crippen molar-refractivity contribution in [3.63, 3.8) is 0 Å². The van der Waals surface area contributed by atoms with E-state index in [9.17, 15) is 4.79 Å². The van der Waals surface area contributed by atoms with Gasteiger partial charge in [-0.1, -0.05) is 53.5 Å². The fourth-order valence-corrected chi connectivity index (χ4v) is 1.28. The van der Waals surface area contributed by atoms with E-state index >= 15 is 0 Å². The maximum Gasteiger partial charge on any atom is 0.339 e. The number of hydrogen-bond acceptors (Lipinski definition) is 2. The molecule has 0 amide bonds. The van der Waals surface area contributed by atoms with Gasteiger partial charge in [0.15, 0.2) is 0 Å². The molecule has 0 unspecified atom stereocenters. The van der Waals surface area contributed by atoms with Crippen LogP contribution in [0, 0.1) is 0 Å². The molecule has 2 nitrogen and oxygen atoms in total. The first kappa shape index (κ1) is 12.3. The van der Waals surface area contributed by atoms with E-state index in [1.165, 1.54) is 5.56 Å². The van der Waals surface area contributed by atoms with Crippen LogP contribution in [0.25, 0.3) is 0 Å². The highest BCUT2D eigenvalue weighted by Gasteiger charge is 2.11. The lowest BCUT2D eigenvalue weighted by Gasteiger charge is -2.04. The summed E-state index contributed by atoms with van der Waals surface area (Å²) >= 11 is 10.6. The average Bonchev–Trinajstić information content (AvgIpc) is 2.25. The number of carbonyl (C=O) groups is 1. The third kappa shape index (κ3) is 5.05. The number of benzene rings is 1. The molecule has 1 rings (SSSR count). The van der Waals surface area contributed by atoms with Crippen molar-refractivity contribution in [2.45, 2.75) is 17.7 Å². The molecule has 0 radical (unpaired) electrons. The van der Waals surface area contributed by atoms with E-state index in [1.807, 2.05) is 30.3 Å². The first-order valence-electron chi connectivity index (χ1n) is 4.69. The van der Waals surface area contributed by atoms with E-state index in [4.69, 9.17) is 27.9 Å². The van der Waals surface area contributed by atoms with Gasteiger partial charge in [0.25, 0.3) is 0 Å². The molecule has 0 saturated carbocycles. The van der Waals surface area contributed by atoms with Crippen LogP contribution >= 0.6 is 23.2 Å². The summed E-state index contributed by atoms with van der Waals surface area (Å²) in [6.45, 7) is 0.351. The van der Waals surface area contributed by atoms with E-state index < -0.39 is 10.8 Å². The van der Waals surface area contributed by atoms with Gasteiger partial charge in [-0.2, -0.15) is 0 Å². The van der Waals surface area contributed by atoms with Crippen molar-refractivity contribution in [3.05, 3.63) is 35.9 Å². The molecule has 1 aromatic rings. The molecule has 15 heavy (non-hydrogen) atoms. The first-order chi connectivity index (χ1) is 7.20. The van der Waals surface area contributed by atoms with Gasteiger partial charge in [-0.15, -0.1) is 0 Å². The van der Waals surface area contributed by atoms with Crippen LogP contribution in [0.4, 0.5) is 0 Å². The Bertz CT molecular complexity index is 299. The molecule has 0 saturated heterocycles. The van der Waals surface area contributed by atoms with Gasteiger partial charge in [0.05, 0.1) is 6.61 Å². The number of rotatable bonds is 5. The van der Waals surface area contributed by atoms with Gasteiger partial charge in [-0.3, -0.25) is 0 Å². The van der Waals surface area contributed by atoms with Crippen LogP contribution in [0.5, 0.6) is 0 Å². The van der Waals surface area contributed by atoms with Gasteiger partial charge >= 0.3 is 5.97 Å². The fourth-order valence-electron chi connectivity index (χ4n) is 1.16. The van der Waals surface area contributed by atoms with Crippen LogP contribution in [-0.2, 0) is 16.0 Å². The maximum atomic E-state index is 10.9. The highest BCUT2D eigenvalue weighted by molar-refractivity contribution is 6.52. The Balaban J connectivity index is 2.15. The van der Waals surface area contributed by atoms with Crippen molar-refractivity contribution in [2.75, 3.05) is 6.61 Å². The molecule has 0 fully saturated rings. The summed E-state index contributed by atoms with van der Waals surface area (Å²) in [5, 5.41) is 0. The molecule has 0 N–H and O–H groups in total. The predicted molar refractivity (Wildman–Crippen MR) is 61.2 cm³/mol. The lowest BCUT2D eigenvalue weighted by atomic mass is 10.1. The Morgan fingerprint density at radius 3 is 2.53 bits per heavy atom. The molecular formula is C11H12Cl2O2. The van der Waals surface area contributed by atoms with E-state index in [0.29, 0.717) is 6.61 Å². The molecule has 0 aliphatic heterocycles. The minimum atomic E-state index is -1.08. The van der Waals surface area contributed by atoms with Gasteiger partial charge in [0.1, 0.15) is 0 Å². The Kier molecular flexibility index (Phi) is 5.51. The monoisotopic (exact) mass is 246 g/mol. The Hall–Kier alpha value is -0.730. The molecule has 0 bridgehead atoms. The summed E-state index contributed by atoms with van der Waals surface area (Å²) in [5.41, 5.74) is 1.22. The molecule has 1 aromatic carbocycles. The Labute approximate surface area is 99.1 Å². The Morgan fingerprint density at radius 2 is 1.93 bits per heavy atom. The third-order valence-corrected chi connectivity index (χ3v) is 2.23. The van der Waals surface area contributed by atoms with Crippen molar-refractivity contribution in [1.29, 1.82) is 0 Å². The largest absolute Gasteiger partial charge is 0.464 e. The van der Waals surface area contributed by atoms with E-state index in [2.05, 4.69) is 0 Å². The zero-order chi connectivity index (χ0) is 11.1. The first-order valence-corrected chi connectivity index (χ1v) is 5.56. The van der Waals surface area contributed by atoms with Gasteiger partial charge < -0.3 is 4.74 Å². The fraction of sp³-hybridized carbons (Fsp3) is 0.364. The number of esters is 1. The second kappa shape index (κ2) is 6.70. The quantitative estimate of drug-likeness (QED) is 0.454. The van der Waals surface area contributed by atoms with Crippen molar-refractivity contribution >= 4 is 29.2 Å². The molecule has 0 aromatic heterocycles. The number of ether oxygens (including phenoxy) is 1. The smallest absolute Gasteiger partial charge is 0.339 e. The van der Waals surface area contributed by atoms with Gasteiger partial charge in [0.2, 0.25) is 4.84 Å². The zero-order valence-electron chi connectivity index (χ0n) is 8.16. The summed E-state index contributed by atoms with van der Waals surface area (Å²) in [5.74, 6) is -0.577. The summed E-state index contributed by atoms with van der Waals surface area (Å²) < 4.78 is 4.82. The molecular weight excluding hydrogens is 235 g/mol. The average molecular weight is 247 g/mol. The minimum Gasteiger partial charge on any atom is -0.464 e. The van der Waals surface area contributed by atoms with Gasteiger partial charge in [-0.05, 0) is 18.4 Å². The van der Waals surface area contributed by atoms with Crippen molar-refractivity contribution in [2.24, 2.45) is 0 Å². The summed E-state index contributed by atoms with van der Waals surface area (Å²) in [4.78, 5) is 9.79. The molecule has 0 atom stereocenters. The lowest BCUT2D eigenvalue weighted by Crippen LogP contribution is -2.13. The number of halogens is 2. The second-order valence-corrected chi connectivity index (χ2v) is 4.15. The summed E-state index contributed by atoms with van der Waals surface area (Å²) in [7, 11) is 0. The van der Waals surface area contributed by atoms with E-state index in [1.54, 1.807) is 0 Å². The van der Waals surface area contributed by atoms with Crippen molar-refractivity contribution in [3.8, 4) is 0 Å². The minimum absolute atomic E-state index is 0.351. The highest BCUT2D eigenvalue weighted by atomic mass is 35.5. The number of alkyl halides is 2. The molecule has 0 aliphatic rings. The van der Waals surface area contributed by atoms with E-state index in [0.717, 1.165) is 12.8 Å². The summed E-state index contributed by atoms with van der Waals surface area (Å²) in [6.07, 6.45) is 1.65. The van der Waals surface area contributed by atoms with Crippen LogP contribution in [0.3, 0.4) is 0 Å². The van der Waals surface area contributed by atoms with Crippen molar-refractivity contribution in [1.82, 2.24) is 0 Å². The van der Waals surface area contributed by atoms with Gasteiger partial charge in [0, 0.05) is 0 Å². The molecule has 0 heterocycles. The van der Waals surface area contributed by atoms with Gasteiger partial charge in [-0.25, -0.2) is 4.79 Å². The zero-order valence-corrected chi connectivity index (χ0v) is 9.67. The lowest BCUT2D eigenvalue weighted by molar-refractivity contribution is -0.141. The third-order valence-electron chi connectivity index (χ3n) is 1.88. The number of carbonyl (C=O) groups excluding carboxylic acids is 1. The number of aryl methyl sites for hydroxylation is 1. The van der Waals surface area contributed by atoms with Crippen LogP contribution in [0.15, 0.2) is 30.3 Å².